The predicted octanol–water partition coefficient (Wildman–Crippen LogP) is 3.72. The molecule has 40 heavy (non-hydrogen) atoms. The second-order valence-electron chi connectivity index (χ2n) is 9.62. The van der Waals surface area contributed by atoms with Gasteiger partial charge in [-0.1, -0.05) is 43.7 Å². The first-order valence-corrected chi connectivity index (χ1v) is 14.7. The molecule has 0 amide bonds. The second-order valence-corrected chi connectivity index (χ2v) is 11.6. The summed E-state index contributed by atoms with van der Waals surface area (Å²) in [5, 5.41) is 4.46. The Morgan fingerprint density at radius 1 is 1.10 bits per heavy atom. The lowest BCUT2D eigenvalue weighted by molar-refractivity contribution is -0.116. The minimum atomic E-state index is -3.99. The molecule has 1 saturated heterocycles. The van der Waals surface area contributed by atoms with Gasteiger partial charge in [0.1, 0.15) is 17.1 Å². The van der Waals surface area contributed by atoms with E-state index in [1.807, 2.05) is 44.2 Å². The number of aromatic nitrogens is 4. The summed E-state index contributed by atoms with van der Waals surface area (Å²) in [5.41, 5.74) is 2.76. The SMILES string of the molecule is CCCc1nn(C)c2c(=O)[nH]c(-c3cc(S(=O)(=O)N4CCC(=O)C(=Cc5ccccc5)C4)ccc3OCC)nc12. The number of ether oxygens (including phenoxy) is 1. The molecule has 2 aromatic heterocycles. The Hall–Kier alpha value is -4.09. The first-order chi connectivity index (χ1) is 19.2. The fraction of sp³-hybridized carbons (Fsp3) is 0.310. The van der Waals surface area contributed by atoms with Crippen LogP contribution in [-0.2, 0) is 28.3 Å². The van der Waals surface area contributed by atoms with Gasteiger partial charge in [0.15, 0.2) is 11.3 Å². The molecule has 0 spiro atoms. The number of hydrogen-bond acceptors (Lipinski definition) is 7. The van der Waals surface area contributed by atoms with E-state index in [4.69, 9.17) is 9.72 Å². The van der Waals surface area contributed by atoms with Crippen LogP contribution >= 0.6 is 0 Å². The lowest BCUT2D eigenvalue weighted by atomic mass is 10.0. The second kappa shape index (κ2) is 11.2. The van der Waals surface area contributed by atoms with E-state index in [9.17, 15) is 18.0 Å². The van der Waals surface area contributed by atoms with Gasteiger partial charge < -0.3 is 9.72 Å². The van der Waals surface area contributed by atoms with Crippen molar-refractivity contribution in [2.24, 2.45) is 7.05 Å². The average Bonchev–Trinajstić information content (AvgIpc) is 3.26. The lowest BCUT2D eigenvalue weighted by Crippen LogP contribution is -2.40. The maximum atomic E-state index is 13.8. The molecule has 1 fully saturated rings. The molecule has 0 unspecified atom stereocenters. The Kier molecular flexibility index (Phi) is 7.68. The number of Topliss-reactive ketones (excluding diaryl/α,β-unsaturated/α-hetero) is 1. The van der Waals surface area contributed by atoms with Crippen LogP contribution < -0.4 is 10.3 Å². The van der Waals surface area contributed by atoms with Crippen LogP contribution in [0.4, 0.5) is 0 Å². The van der Waals surface area contributed by atoms with Crippen molar-refractivity contribution in [1.29, 1.82) is 0 Å². The zero-order valence-electron chi connectivity index (χ0n) is 22.7. The Bertz CT molecular complexity index is 1770. The molecule has 2 aromatic carbocycles. The van der Waals surface area contributed by atoms with Crippen molar-refractivity contribution >= 4 is 32.9 Å². The summed E-state index contributed by atoms with van der Waals surface area (Å²) in [6.45, 7) is 4.22. The van der Waals surface area contributed by atoms with E-state index >= 15 is 0 Å². The summed E-state index contributed by atoms with van der Waals surface area (Å²) in [6.07, 6.45) is 3.30. The number of piperidine rings is 1. The third-order valence-electron chi connectivity index (χ3n) is 6.83. The van der Waals surface area contributed by atoms with Crippen molar-refractivity contribution in [3.8, 4) is 17.1 Å². The van der Waals surface area contributed by atoms with Crippen molar-refractivity contribution in [1.82, 2.24) is 24.1 Å². The Morgan fingerprint density at radius 3 is 2.60 bits per heavy atom. The van der Waals surface area contributed by atoms with E-state index in [0.717, 1.165) is 12.0 Å². The molecule has 10 nitrogen and oxygen atoms in total. The zero-order chi connectivity index (χ0) is 28.4. The number of sulfonamides is 1. The summed E-state index contributed by atoms with van der Waals surface area (Å²) in [5.74, 6) is 0.516. The van der Waals surface area contributed by atoms with Crippen LogP contribution in [0.1, 0.15) is 37.9 Å². The van der Waals surface area contributed by atoms with Gasteiger partial charge in [0, 0.05) is 32.1 Å². The highest BCUT2D eigenvalue weighted by atomic mass is 32.2. The van der Waals surface area contributed by atoms with Gasteiger partial charge in [0.25, 0.3) is 5.56 Å². The number of aryl methyl sites for hydroxylation is 2. The van der Waals surface area contributed by atoms with E-state index in [2.05, 4.69) is 10.1 Å². The highest BCUT2D eigenvalue weighted by Crippen LogP contribution is 2.33. The number of ketones is 1. The number of benzene rings is 2. The van der Waals surface area contributed by atoms with E-state index in [-0.39, 0.29) is 41.6 Å². The van der Waals surface area contributed by atoms with Crippen LogP contribution in [0.2, 0.25) is 0 Å². The molecule has 0 aliphatic carbocycles. The van der Waals surface area contributed by atoms with Crippen molar-refractivity contribution in [3.05, 3.63) is 75.7 Å². The van der Waals surface area contributed by atoms with Crippen molar-refractivity contribution in [2.75, 3.05) is 19.7 Å². The summed E-state index contributed by atoms with van der Waals surface area (Å²) in [6, 6.07) is 13.9. The largest absolute Gasteiger partial charge is 0.493 e. The number of fused-ring (bicyclic) bond motifs is 1. The molecule has 11 heteroatoms. The van der Waals surface area contributed by atoms with E-state index in [0.29, 0.717) is 46.6 Å². The van der Waals surface area contributed by atoms with Crippen LogP contribution in [0.5, 0.6) is 5.75 Å². The third-order valence-corrected chi connectivity index (χ3v) is 8.67. The number of aromatic amines is 1. The number of rotatable bonds is 8. The highest BCUT2D eigenvalue weighted by molar-refractivity contribution is 7.89. The minimum absolute atomic E-state index is 0.0158. The molecule has 0 bridgehead atoms. The van der Waals surface area contributed by atoms with Gasteiger partial charge in [-0.25, -0.2) is 13.4 Å². The fourth-order valence-electron chi connectivity index (χ4n) is 4.89. The standard InChI is InChI=1S/C29H31N5O5S/c1-4-9-23-26-27(33(3)32-23)29(36)31-28(30-26)22-17-21(12-13-25(22)39-5-2)40(37,38)34-15-14-24(35)20(18-34)16-19-10-7-6-8-11-19/h6-8,10-13,16-17H,4-5,9,14-15,18H2,1-3H3,(H,30,31,36). The fourth-order valence-corrected chi connectivity index (χ4v) is 6.34. The number of nitrogens with zero attached hydrogens (tertiary/aromatic N) is 4. The third kappa shape index (κ3) is 5.22. The molecule has 0 radical (unpaired) electrons. The molecule has 1 aliphatic heterocycles. The van der Waals surface area contributed by atoms with Crippen LogP contribution in [0.3, 0.4) is 0 Å². The average molecular weight is 562 g/mol. The Balaban J connectivity index is 1.57. The molecule has 5 rings (SSSR count). The maximum absolute atomic E-state index is 13.8. The lowest BCUT2D eigenvalue weighted by Gasteiger charge is -2.27. The summed E-state index contributed by atoms with van der Waals surface area (Å²) >= 11 is 0. The molecule has 0 atom stereocenters. The van der Waals surface area contributed by atoms with Crippen molar-refractivity contribution in [3.63, 3.8) is 0 Å². The van der Waals surface area contributed by atoms with Gasteiger partial charge in [-0.05, 0) is 43.2 Å². The topological polar surface area (TPSA) is 127 Å². The van der Waals surface area contributed by atoms with E-state index in [1.165, 1.54) is 21.1 Å². The predicted molar refractivity (Wildman–Crippen MR) is 153 cm³/mol. The summed E-state index contributed by atoms with van der Waals surface area (Å²) < 4.78 is 36.2. The quantitative estimate of drug-likeness (QED) is 0.325. The minimum Gasteiger partial charge on any atom is -0.493 e. The van der Waals surface area contributed by atoms with Crippen molar-refractivity contribution in [2.45, 2.75) is 38.0 Å². The Labute approximate surface area is 232 Å². The molecule has 0 saturated carbocycles. The van der Waals surface area contributed by atoms with Crippen LogP contribution in [0.25, 0.3) is 28.5 Å². The van der Waals surface area contributed by atoms with Gasteiger partial charge in [0.05, 0.1) is 22.8 Å². The molecule has 4 aromatic rings. The van der Waals surface area contributed by atoms with Gasteiger partial charge in [-0.3, -0.25) is 14.3 Å². The summed E-state index contributed by atoms with van der Waals surface area (Å²) in [4.78, 5) is 33.2. The van der Waals surface area contributed by atoms with Gasteiger partial charge in [-0.2, -0.15) is 9.40 Å². The smallest absolute Gasteiger partial charge is 0.277 e. The number of carbonyl (C=O) groups is 1. The summed E-state index contributed by atoms with van der Waals surface area (Å²) in [7, 11) is -2.29. The number of H-pyrrole nitrogens is 1. The number of carbonyl (C=O) groups excluding carboxylic acids is 1. The molecular formula is C29H31N5O5S. The highest BCUT2D eigenvalue weighted by Gasteiger charge is 2.32. The first-order valence-electron chi connectivity index (χ1n) is 13.2. The first kappa shape index (κ1) is 27.5. The molecule has 208 valence electrons. The number of nitrogens with one attached hydrogen (secondary N) is 1. The van der Waals surface area contributed by atoms with Gasteiger partial charge in [-0.15, -0.1) is 0 Å². The molecular weight excluding hydrogens is 530 g/mol. The van der Waals surface area contributed by atoms with E-state index in [1.54, 1.807) is 19.2 Å². The molecule has 1 N–H and O–H groups in total. The van der Waals surface area contributed by atoms with Crippen molar-refractivity contribution < 1.29 is 17.9 Å². The van der Waals surface area contributed by atoms with Crippen LogP contribution in [-0.4, -0.2) is 58.0 Å². The van der Waals surface area contributed by atoms with Crippen LogP contribution in [0, 0.1) is 0 Å². The molecule has 3 heterocycles. The monoisotopic (exact) mass is 561 g/mol. The Morgan fingerprint density at radius 2 is 1.88 bits per heavy atom. The zero-order valence-corrected chi connectivity index (χ0v) is 23.5. The normalized spacial score (nSPS) is 15.7. The van der Waals surface area contributed by atoms with Crippen LogP contribution in [0.15, 0.2) is 63.8 Å². The maximum Gasteiger partial charge on any atom is 0.277 e. The van der Waals surface area contributed by atoms with Gasteiger partial charge >= 0.3 is 0 Å². The van der Waals surface area contributed by atoms with Gasteiger partial charge in [0.2, 0.25) is 10.0 Å². The molecule has 1 aliphatic rings. The van der Waals surface area contributed by atoms with E-state index < -0.39 is 10.0 Å². The number of hydrogen-bond donors (Lipinski definition) is 1.